The number of amides is 1. The zero-order chi connectivity index (χ0) is 19.6. The lowest BCUT2D eigenvalue weighted by Gasteiger charge is -2.12. The van der Waals surface area contributed by atoms with Crippen LogP contribution >= 0.6 is 34.0 Å². The molecule has 6 nitrogen and oxygen atoms in total. The first-order chi connectivity index (χ1) is 13.5. The van der Waals surface area contributed by atoms with Gasteiger partial charge in [0.15, 0.2) is 0 Å². The van der Waals surface area contributed by atoms with Crippen LogP contribution in [-0.4, -0.2) is 19.3 Å². The number of hydrogen-bond donors (Lipinski definition) is 2. The van der Waals surface area contributed by atoms with E-state index in [0.717, 1.165) is 21.9 Å². The van der Waals surface area contributed by atoms with Gasteiger partial charge in [0.2, 0.25) is 0 Å². The molecule has 0 aliphatic rings. The molecule has 0 saturated carbocycles. The maximum Gasteiger partial charge on any atom is 0.275 e. The van der Waals surface area contributed by atoms with Crippen LogP contribution in [0.1, 0.15) is 10.5 Å². The van der Waals surface area contributed by atoms with Crippen LogP contribution in [0.2, 0.25) is 0 Å². The van der Waals surface area contributed by atoms with Crippen molar-refractivity contribution >= 4 is 61.3 Å². The molecule has 0 aliphatic heterocycles. The third-order valence-corrected chi connectivity index (χ3v) is 8.02. The second-order valence-corrected chi connectivity index (χ2v) is 10.1. The summed E-state index contributed by atoms with van der Waals surface area (Å²) in [6.07, 6.45) is 0. The van der Waals surface area contributed by atoms with Crippen molar-refractivity contribution in [1.29, 1.82) is 0 Å². The molecule has 0 unspecified atom stereocenters. The van der Waals surface area contributed by atoms with E-state index in [9.17, 15) is 13.2 Å². The Kier molecular flexibility index (Phi) is 5.27. The van der Waals surface area contributed by atoms with Gasteiger partial charge >= 0.3 is 0 Å². The van der Waals surface area contributed by atoms with Crippen LogP contribution in [0.4, 0.5) is 11.4 Å². The van der Waals surface area contributed by atoms with Crippen LogP contribution in [0.3, 0.4) is 0 Å². The number of sulfonamides is 1. The molecule has 0 radical (unpaired) electrons. The Balaban J connectivity index is 1.55. The summed E-state index contributed by atoms with van der Waals surface area (Å²) in [4.78, 5) is 17.0. The third-order valence-electron chi connectivity index (χ3n) is 3.68. The van der Waals surface area contributed by atoms with E-state index in [1.807, 2.05) is 16.8 Å². The first-order valence-electron chi connectivity index (χ1n) is 7.98. The Morgan fingerprint density at radius 1 is 0.929 bits per heavy atom. The quantitative estimate of drug-likeness (QED) is 0.436. The summed E-state index contributed by atoms with van der Waals surface area (Å²) in [6.45, 7) is 0. The van der Waals surface area contributed by atoms with Gasteiger partial charge in [-0.1, -0.05) is 18.2 Å². The van der Waals surface area contributed by atoms with E-state index in [0.29, 0.717) is 5.69 Å². The normalized spacial score (nSPS) is 11.3. The number of carbonyl (C=O) groups is 1. The predicted molar refractivity (Wildman–Crippen MR) is 115 cm³/mol. The van der Waals surface area contributed by atoms with E-state index >= 15 is 0 Å². The number of nitrogens with zero attached hydrogens (tertiary/aromatic N) is 1. The second-order valence-electron chi connectivity index (χ2n) is 5.59. The zero-order valence-corrected chi connectivity index (χ0v) is 17.4. The molecule has 0 atom stereocenters. The maximum atomic E-state index is 12.6. The van der Waals surface area contributed by atoms with Gasteiger partial charge in [-0.15, -0.1) is 22.7 Å². The number of benzene rings is 1. The maximum absolute atomic E-state index is 12.6. The minimum atomic E-state index is -3.71. The molecular formula is C18H13N3O3S4. The lowest BCUT2D eigenvalue weighted by molar-refractivity contribution is 0.102. The molecule has 0 aliphatic carbocycles. The van der Waals surface area contributed by atoms with Gasteiger partial charge in [0.25, 0.3) is 15.9 Å². The summed E-state index contributed by atoms with van der Waals surface area (Å²) >= 11 is 4.07. The highest BCUT2D eigenvalue weighted by Gasteiger charge is 2.19. The Hall–Kier alpha value is -2.53. The SMILES string of the molecule is O=C(Nc1ccccc1NS(=O)(=O)c1cccs1)c1csc(-c2ccsc2)n1. The predicted octanol–water partition coefficient (Wildman–Crippen LogP) is 4.99. The molecule has 0 saturated heterocycles. The fraction of sp³-hybridized carbons (Fsp3) is 0. The minimum absolute atomic E-state index is 0.202. The smallest absolute Gasteiger partial charge is 0.275 e. The van der Waals surface area contributed by atoms with Crippen LogP contribution in [0.25, 0.3) is 10.6 Å². The molecule has 28 heavy (non-hydrogen) atoms. The first-order valence-corrected chi connectivity index (χ1v) is 12.2. The molecule has 10 heteroatoms. The molecule has 1 aromatic carbocycles. The van der Waals surface area contributed by atoms with Gasteiger partial charge in [0.1, 0.15) is 14.9 Å². The van der Waals surface area contributed by atoms with E-state index < -0.39 is 15.9 Å². The van der Waals surface area contributed by atoms with Gasteiger partial charge in [0, 0.05) is 16.3 Å². The number of hydrogen-bond acceptors (Lipinski definition) is 7. The first kappa shape index (κ1) is 18.8. The summed E-state index contributed by atoms with van der Waals surface area (Å²) in [5.74, 6) is -0.402. The number of thiophene rings is 2. The molecule has 142 valence electrons. The van der Waals surface area contributed by atoms with Crippen LogP contribution in [-0.2, 0) is 10.0 Å². The average Bonchev–Trinajstić information content (AvgIpc) is 3.43. The van der Waals surface area contributed by atoms with Gasteiger partial charge in [0.05, 0.1) is 11.4 Å². The van der Waals surface area contributed by atoms with Crippen molar-refractivity contribution in [1.82, 2.24) is 4.98 Å². The van der Waals surface area contributed by atoms with Crippen LogP contribution in [0, 0.1) is 0 Å². The zero-order valence-electron chi connectivity index (χ0n) is 14.2. The Morgan fingerprint density at radius 2 is 1.75 bits per heavy atom. The van der Waals surface area contributed by atoms with Crippen LogP contribution in [0.5, 0.6) is 0 Å². The van der Waals surface area contributed by atoms with Crippen molar-refractivity contribution in [3.63, 3.8) is 0 Å². The van der Waals surface area contributed by atoms with Crippen molar-refractivity contribution < 1.29 is 13.2 Å². The molecule has 3 aromatic heterocycles. The number of rotatable bonds is 6. The summed E-state index contributed by atoms with van der Waals surface area (Å²) in [7, 11) is -3.71. The van der Waals surface area contributed by atoms with Crippen molar-refractivity contribution in [3.05, 3.63) is 69.7 Å². The summed E-state index contributed by atoms with van der Waals surface area (Å²) in [5, 5.41) is 10.8. The number of nitrogens with one attached hydrogen (secondary N) is 2. The minimum Gasteiger partial charge on any atom is -0.319 e. The van der Waals surface area contributed by atoms with Gasteiger partial charge in [-0.25, -0.2) is 13.4 Å². The molecule has 0 spiro atoms. The van der Waals surface area contributed by atoms with Crippen molar-refractivity contribution in [3.8, 4) is 10.6 Å². The highest BCUT2D eigenvalue weighted by atomic mass is 32.2. The highest BCUT2D eigenvalue weighted by molar-refractivity contribution is 7.94. The highest BCUT2D eigenvalue weighted by Crippen LogP contribution is 2.28. The van der Waals surface area contributed by atoms with Gasteiger partial charge in [-0.05, 0) is 35.0 Å². The number of thiazole rings is 1. The number of carbonyl (C=O) groups excluding carboxylic acids is 1. The van der Waals surface area contributed by atoms with E-state index in [2.05, 4.69) is 15.0 Å². The molecule has 1 amide bonds. The Bertz CT molecular complexity index is 1200. The molecule has 0 fully saturated rings. The van der Waals surface area contributed by atoms with E-state index in [1.165, 1.54) is 17.4 Å². The monoisotopic (exact) mass is 447 g/mol. The Morgan fingerprint density at radius 3 is 2.46 bits per heavy atom. The molecular weight excluding hydrogens is 434 g/mol. The molecule has 4 rings (SSSR count). The fourth-order valence-corrected chi connectivity index (χ4v) is 5.96. The third kappa shape index (κ3) is 3.99. The van der Waals surface area contributed by atoms with Gasteiger partial charge < -0.3 is 5.32 Å². The largest absolute Gasteiger partial charge is 0.319 e. The number of para-hydroxylation sites is 2. The van der Waals surface area contributed by atoms with Crippen LogP contribution in [0.15, 0.2) is 68.2 Å². The summed E-state index contributed by atoms with van der Waals surface area (Å²) in [6, 6.07) is 11.8. The molecule has 4 aromatic rings. The Labute approximate surface area is 173 Å². The summed E-state index contributed by atoms with van der Waals surface area (Å²) < 4.78 is 27.7. The van der Waals surface area contributed by atoms with Crippen molar-refractivity contribution in [2.45, 2.75) is 4.21 Å². The topological polar surface area (TPSA) is 88.2 Å². The second kappa shape index (κ2) is 7.84. The summed E-state index contributed by atoms with van der Waals surface area (Å²) in [5.41, 5.74) is 1.90. The molecule has 2 N–H and O–H groups in total. The molecule has 0 bridgehead atoms. The fourth-order valence-electron chi connectivity index (χ4n) is 2.38. The number of anilines is 2. The van der Waals surface area contributed by atoms with Crippen molar-refractivity contribution in [2.75, 3.05) is 10.0 Å². The lowest BCUT2D eigenvalue weighted by atomic mass is 10.2. The number of aromatic nitrogens is 1. The van der Waals surface area contributed by atoms with Crippen LogP contribution < -0.4 is 10.0 Å². The molecule has 3 heterocycles. The average molecular weight is 448 g/mol. The van der Waals surface area contributed by atoms with E-state index in [4.69, 9.17) is 0 Å². The van der Waals surface area contributed by atoms with Gasteiger partial charge in [-0.3, -0.25) is 9.52 Å². The van der Waals surface area contributed by atoms with E-state index in [1.54, 1.807) is 52.4 Å². The van der Waals surface area contributed by atoms with Gasteiger partial charge in [-0.2, -0.15) is 11.3 Å². The van der Waals surface area contributed by atoms with Crippen molar-refractivity contribution in [2.24, 2.45) is 0 Å². The lowest BCUT2D eigenvalue weighted by Crippen LogP contribution is -2.16. The van der Waals surface area contributed by atoms with E-state index in [-0.39, 0.29) is 15.6 Å². The standard InChI is InChI=1S/C18H13N3O3S4/c22-17(15-11-27-18(20-15)12-7-9-25-10-12)19-13-4-1-2-5-14(13)21-28(23,24)16-6-3-8-26-16/h1-11,21H,(H,19,22).